The van der Waals surface area contributed by atoms with Crippen molar-refractivity contribution in [3.05, 3.63) is 0 Å². The highest BCUT2D eigenvalue weighted by Crippen LogP contribution is 1.90. The van der Waals surface area contributed by atoms with Crippen molar-refractivity contribution in [1.29, 1.82) is 0 Å². The summed E-state index contributed by atoms with van der Waals surface area (Å²) in [7, 11) is 0. The molecular weight excluding hydrogens is 216 g/mol. The first kappa shape index (κ1) is 21.8. The van der Waals surface area contributed by atoms with Gasteiger partial charge < -0.3 is 14.3 Å². The molecule has 0 atom stereocenters. The summed E-state index contributed by atoms with van der Waals surface area (Å²) in [6, 6.07) is 0. The maximum Gasteiger partial charge on any atom is 0.154 e. The number of carbonyl (C=O) groups is 1. The average molecular weight is 248 g/mol. The summed E-state index contributed by atoms with van der Waals surface area (Å²) in [5, 5.41) is 0. The van der Waals surface area contributed by atoms with Gasteiger partial charge in [0.15, 0.2) is 6.29 Å². The van der Waals surface area contributed by atoms with E-state index in [9.17, 15) is 4.79 Å². The van der Waals surface area contributed by atoms with E-state index in [4.69, 9.17) is 9.47 Å². The van der Waals surface area contributed by atoms with Crippen LogP contribution in [-0.4, -0.2) is 25.3 Å². The van der Waals surface area contributed by atoms with Crippen LogP contribution in [0.2, 0.25) is 0 Å². The molecule has 0 saturated heterocycles. The number of hydrogen-bond donors (Lipinski definition) is 0. The summed E-state index contributed by atoms with van der Waals surface area (Å²) >= 11 is 0. The second-order valence-corrected chi connectivity index (χ2v) is 3.53. The topological polar surface area (TPSA) is 35.5 Å². The molecule has 0 aliphatic carbocycles. The minimum Gasteiger partial charge on any atom is -0.353 e. The highest BCUT2D eigenvalue weighted by Gasteiger charge is 1.94. The lowest BCUT2D eigenvalue weighted by Crippen LogP contribution is -2.11. The maximum atomic E-state index is 9.81. The third-order valence-electron chi connectivity index (χ3n) is 1.80. The predicted molar refractivity (Wildman–Crippen MR) is 74.3 cm³/mol. The van der Waals surface area contributed by atoms with Crippen LogP contribution < -0.4 is 0 Å². The molecule has 0 saturated carbocycles. The lowest BCUT2D eigenvalue weighted by molar-refractivity contribution is -0.123. The Morgan fingerprint density at radius 3 is 1.35 bits per heavy atom. The summed E-state index contributed by atoms with van der Waals surface area (Å²) in [4.78, 5) is 9.81. The molecule has 0 aromatic rings. The standard InChI is InChI=1S/C6H14O2.C4H8O.C4H10/c1-4-7-6(3)8-5-2;1-3-4(2)5;1-3-4-2/h6H,4-5H2,1-3H3;3H2,1-2H3;3-4H2,1-2H3. The van der Waals surface area contributed by atoms with E-state index in [2.05, 4.69) is 13.8 Å². The van der Waals surface area contributed by atoms with Crippen molar-refractivity contribution < 1.29 is 14.3 Å². The second-order valence-electron chi connectivity index (χ2n) is 3.53. The van der Waals surface area contributed by atoms with Crippen LogP contribution in [0.15, 0.2) is 0 Å². The number of Topliss-reactive ketones (excluding diaryl/α,β-unsaturated/α-hetero) is 1. The van der Waals surface area contributed by atoms with E-state index in [1.54, 1.807) is 6.92 Å². The third-order valence-corrected chi connectivity index (χ3v) is 1.80. The Morgan fingerprint density at radius 1 is 0.941 bits per heavy atom. The highest BCUT2D eigenvalue weighted by molar-refractivity contribution is 5.74. The van der Waals surface area contributed by atoms with Gasteiger partial charge in [-0.15, -0.1) is 0 Å². The van der Waals surface area contributed by atoms with Crippen molar-refractivity contribution in [2.24, 2.45) is 0 Å². The van der Waals surface area contributed by atoms with Gasteiger partial charge in [-0.3, -0.25) is 0 Å². The fraction of sp³-hybridized carbons (Fsp3) is 0.929. The van der Waals surface area contributed by atoms with E-state index in [1.165, 1.54) is 12.8 Å². The van der Waals surface area contributed by atoms with E-state index in [-0.39, 0.29) is 12.1 Å². The quantitative estimate of drug-likeness (QED) is 0.661. The number of hydrogen-bond acceptors (Lipinski definition) is 3. The lowest BCUT2D eigenvalue weighted by atomic mass is 10.4. The normalized spacial score (nSPS) is 8.94. The van der Waals surface area contributed by atoms with Gasteiger partial charge >= 0.3 is 0 Å². The molecular formula is C14H32O3. The molecule has 17 heavy (non-hydrogen) atoms. The van der Waals surface area contributed by atoms with Gasteiger partial charge in [0, 0.05) is 19.6 Å². The Bertz CT molecular complexity index is 127. The molecule has 0 N–H and O–H groups in total. The minimum atomic E-state index is -0.0370. The fourth-order valence-corrected chi connectivity index (χ4v) is 0.518. The first-order valence-electron chi connectivity index (χ1n) is 6.72. The Balaban J connectivity index is -0.000000188. The summed E-state index contributed by atoms with van der Waals surface area (Å²) < 4.78 is 10.1. The van der Waals surface area contributed by atoms with Crippen molar-refractivity contribution in [3.8, 4) is 0 Å². The first-order chi connectivity index (χ1) is 7.99. The van der Waals surface area contributed by atoms with Crippen LogP contribution in [0.25, 0.3) is 0 Å². The van der Waals surface area contributed by atoms with Crippen molar-refractivity contribution in [2.75, 3.05) is 13.2 Å². The van der Waals surface area contributed by atoms with Crippen LogP contribution in [0, 0.1) is 0 Å². The van der Waals surface area contributed by atoms with Crippen molar-refractivity contribution >= 4 is 5.78 Å². The second kappa shape index (κ2) is 20.9. The molecule has 0 rings (SSSR count). The predicted octanol–water partition coefficient (Wildman–Crippen LogP) is 4.20. The average Bonchev–Trinajstić information content (AvgIpc) is 2.31. The molecule has 0 aliphatic heterocycles. The first-order valence-corrected chi connectivity index (χ1v) is 6.72. The summed E-state index contributed by atoms with van der Waals surface area (Å²) in [5.74, 6) is 0.255. The zero-order valence-electron chi connectivity index (χ0n) is 12.8. The largest absolute Gasteiger partial charge is 0.353 e. The van der Waals surface area contributed by atoms with E-state index in [1.807, 2.05) is 27.7 Å². The van der Waals surface area contributed by atoms with Gasteiger partial charge in [0.2, 0.25) is 0 Å². The summed E-state index contributed by atoms with van der Waals surface area (Å²) in [6.45, 7) is 15.0. The van der Waals surface area contributed by atoms with Gasteiger partial charge in [0.25, 0.3) is 0 Å². The molecule has 0 unspecified atom stereocenters. The molecule has 0 aliphatic rings. The lowest BCUT2D eigenvalue weighted by Gasteiger charge is -2.09. The molecule has 0 aromatic heterocycles. The summed E-state index contributed by atoms with van der Waals surface area (Å²) in [5.41, 5.74) is 0. The number of unbranched alkanes of at least 4 members (excludes halogenated alkanes) is 1. The molecule has 0 bridgehead atoms. The van der Waals surface area contributed by atoms with Gasteiger partial charge in [-0.1, -0.05) is 33.6 Å². The van der Waals surface area contributed by atoms with Crippen LogP contribution in [-0.2, 0) is 14.3 Å². The zero-order chi connectivity index (χ0) is 14.1. The number of ether oxygens (including phenoxy) is 2. The third kappa shape index (κ3) is 39.0. The smallest absolute Gasteiger partial charge is 0.154 e. The van der Waals surface area contributed by atoms with E-state index in [0.29, 0.717) is 6.42 Å². The van der Waals surface area contributed by atoms with Crippen LogP contribution in [0.3, 0.4) is 0 Å². The molecule has 0 heterocycles. The Morgan fingerprint density at radius 2 is 1.24 bits per heavy atom. The van der Waals surface area contributed by atoms with Gasteiger partial charge in [-0.05, 0) is 27.7 Å². The van der Waals surface area contributed by atoms with Crippen molar-refractivity contribution in [2.45, 2.75) is 74.0 Å². The van der Waals surface area contributed by atoms with Crippen LogP contribution in [0.4, 0.5) is 0 Å². The zero-order valence-corrected chi connectivity index (χ0v) is 12.8. The van der Waals surface area contributed by atoms with E-state index >= 15 is 0 Å². The molecule has 0 fully saturated rings. The van der Waals surface area contributed by atoms with Gasteiger partial charge in [-0.25, -0.2) is 0 Å². The maximum absolute atomic E-state index is 9.81. The molecule has 106 valence electrons. The van der Waals surface area contributed by atoms with Crippen LogP contribution >= 0.6 is 0 Å². The molecule has 0 radical (unpaired) electrons. The van der Waals surface area contributed by atoms with Crippen molar-refractivity contribution in [1.82, 2.24) is 0 Å². The Hall–Kier alpha value is -0.410. The van der Waals surface area contributed by atoms with Crippen LogP contribution in [0.5, 0.6) is 0 Å². The van der Waals surface area contributed by atoms with Crippen molar-refractivity contribution in [3.63, 3.8) is 0 Å². The SMILES string of the molecule is CCC(C)=O.CCCC.CCOC(C)OCC. The highest BCUT2D eigenvalue weighted by atomic mass is 16.7. The van der Waals surface area contributed by atoms with E-state index < -0.39 is 0 Å². The molecule has 0 aromatic carbocycles. The Labute approximate surface area is 108 Å². The monoisotopic (exact) mass is 248 g/mol. The molecule has 3 heteroatoms. The number of ketones is 1. The minimum absolute atomic E-state index is 0.0370. The van der Waals surface area contributed by atoms with Gasteiger partial charge in [0.05, 0.1) is 0 Å². The Kier molecular flexibility index (Phi) is 26.9. The van der Waals surface area contributed by atoms with Gasteiger partial charge in [0.1, 0.15) is 5.78 Å². The summed E-state index contributed by atoms with van der Waals surface area (Å²) in [6.07, 6.45) is 3.27. The molecule has 3 nitrogen and oxygen atoms in total. The van der Waals surface area contributed by atoms with Crippen LogP contribution in [0.1, 0.15) is 67.7 Å². The number of rotatable bonds is 6. The molecule has 0 amide bonds. The fourth-order valence-electron chi connectivity index (χ4n) is 0.518. The molecule has 0 spiro atoms. The number of carbonyl (C=O) groups excluding carboxylic acids is 1. The van der Waals surface area contributed by atoms with E-state index in [0.717, 1.165) is 13.2 Å². The van der Waals surface area contributed by atoms with Gasteiger partial charge in [-0.2, -0.15) is 0 Å².